The molecular weight excluding hydrogens is 413 g/mol. The van der Waals surface area contributed by atoms with Gasteiger partial charge in [0.05, 0.1) is 5.56 Å². The Balaban J connectivity index is 1.35. The average molecular weight is 439 g/mol. The summed E-state index contributed by atoms with van der Waals surface area (Å²) in [4.78, 5) is 2.01. The average Bonchev–Trinajstić information content (AvgIpc) is 3.18. The number of ether oxygens (including phenoxy) is 1. The highest BCUT2D eigenvalue weighted by molar-refractivity contribution is 5.33. The number of rotatable bonds is 5. The maximum absolute atomic E-state index is 14.6. The van der Waals surface area contributed by atoms with E-state index in [1.165, 1.54) is 30.7 Å². The van der Waals surface area contributed by atoms with E-state index in [9.17, 15) is 22.0 Å². The highest BCUT2D eigenvalue weighted by Crippen LogP contribution is 2.36. The largest absolute Gasteiger partial charge is 0.483 e. The van der Waals surface area contributed by atoms with Crippen molar-refractivity contribution in [3.8, 4) is 5.75 Å². The molecule has 1 saturated carbocycles. The molecule has 1 unspecified atom stereocenters. The van der Waals surface area contributed by atoms with E-state index in [1.807, 2.05) is 4.90 Å². The van der Waals surface area contributed by atoms with Crippen LogP contribution in [0.15, 0.2) is 36.4 Å². The molecule has 2 nitrogen and oxygen atoms in total. The van der Waals surface area contributed by atoms with Crippen molar-refractivity contribution in [1.29, 1.82) is 0 Å². The van der Waals surface area contributed by atoms with Gasteiger partial charge in [-0.2, -0.15) is 13.2 Å². The summed E-state index contributed by atoms with van der Waals surface area (Å²) < 4.78 is 73.0. The van der Waals surface area contributed by atoms with E-state index in [4.69, 9.17) is 4.74 Å². The number of nitrogens with zero attached hydrogens (tertiary/aromatic N) is 1. The minimum atomic E-state index is -4.36. The Morgan fingerprint density at radius 2 is 1.55 bits per heavy atom. The molecule has 2 aromatic carbocycles. The minimum absolute atomic E-state index is 0.206. The molecule has 1 aliphatic carbocycles. The third-order valence-corrected chi connectivity index (χ3v) is 6.30. The van der Waals surface area contributed by atoms with Gasteiger partial charge in [0.2, 0.25) is 0 Å². The molecule has 2 aliphatic rings. The number of hydrogen-bond donors (Lipinski definition) is 0. The predicted molar refractivity (Wildman–Crippen MR) is 108 cm³/mol. The van der Waals surface area contributed by atoms with E-state index in [0.29, 0.717) is 31.6 Å². The van der Waals surface area contributed by atoms with Gasteiger partial charge in [-0.25, -0.2) is 8.78 Å². The standard InChI is InChI=1S/C24H26F5NO/c25-21-12-18(17-4-2-1-3-5-17)13-22(26)23(21)31-20-10-11-30(15-20)14-16-6-8-19(9-7-16)24(27,28)29/h6-9,12-13,17,20H,1-5,10-11,14-15H2. The van der Waals surface area contributed by atoms with Crippen molar-refractivity contribution in [3.63, 3.8) is 0 Å². The monoisotopic (exact) mass is 439 g/mol. The molecule has 4 rings (SSSR count). The van der Waals surface area contributed by atoms with Gasteiger partial charge >= 0.3 is 6.18 Å². The molecule has 0 aromatic heterocycles. The van der Waals surface area contributed by atoms with Crippen LogP contribution in [0.5, 0.6) is 5.75 Å². The van der Waals surface area contributed by atoms with E-state index in [0.717, 1.165) is 43.4 Å². The van der Waals surface area contributed by atoms with Crippen molar-refractivity contribution in [2.45, 2.75) is 63.3 Å². The zero-order valence-electron chi connectivity index (χ0n) is 17.2. The van der Waals surface area contributed by atoms with Gasteiger partial charge in [-0.1, -0.05) is 31.4 Å². The molecular formula is C24H26F5NO. The van der Waals surface area contributed by atoms with E-state index < -0.39 is 23.4 Å². The lowest BCUT2D eigenvalue weighted by Gasteiger charge is -2.23. The lowest BCUT2D eigenvalue weighted by molar-refractivity contribution is -0.137. The molecule has 31 heavy (non-hydrogen) atoms. The van der Waals surface area contributed by atoms with Crippen molar-refractivity contribution in [2.75, 3.05) is 13.1 Å². The van der Waals surface area contributed by atoms with Crippen molar-refractivity contribution < 1.29 is 26.7 Å². The molecule has 1 atom stereocenters. The van der Waals surface area contributed by atoms with Crippen molar-refractivity contribution in [2.24, 2.45) is 0 Å². The molecule has 7 heteroatoms. The third kappa shape index (κ3) is 5.37. The van der Waals surface area contributed by atoms with Crippen LogP contribution in [0, 0.1) is 11.6 Å². The second-order valence-corrected chi connectivity index (χ2v) is 8.61. The lowest BCUT2D eigenvalue weighted by atomic mass is 9.84. The highest BCUT2D eigenvalue weighted by atomic mass is 19.4. The quantitative estimate of drug-likeness (QED) is 0.482. The van der Waals surface area contributed by atoms with Crippen LogP contribution >= 0.6 is 0 Å². The fraction of sp³-hybridized carbons (Fsp3) is 0.500. The molecule has 2 aromatic rings. The van der Waals surface area contributed by atoms with Crippen molar-refractivity contribution in [3.05, 3.63) is 64.7 Å². The molecule has 0 spiro atoms. The topological polar surface area (TPSA) is 12.5 Å². The molecule has 1 aliphatic heterocycles. The maximum Gasteiger partial charge on any atom is 0.416 e. The van der Waals surface area contributed by atoms with Gasteiger partial charge in [-0.05, 0) is 60.6 Å². The van der Waals surface area contributed by atoms with E-state index in [2.05, 4.69) is 0 Å². The first-order valence-electron chi connectivity index (χ1n) is 10.8. The summed E-state index contributed by atoms with van der Waals surface area (Å²) in [5.41, 5.74) is 0.779. The van der Waals surface area contributed by atoms with Gasteiger partial charge in [0.1, 0.15) is 6.10 Å². The SMILES string of the molecule is Fc1cc(C2CCCCC2)cc(F)c1OC1CCN(Cc2ccc(C(F)(F)F)cc2)C1. The molecule has 2 fully saturated rings. The predicted octanol–water partition coefficient (Wildman–Crippen LogP) is 6.68. The van der Waals surface area contributed by atoms with Crippen molar-refractivity contribution in [1.82, 2.24) is 4.90 Å². The van der Waals surface area contributed by atoms with Crippen LogP contribution in [-0.2, 0) is 12.7 Å². The summed E-state index contributed by atoms with van der Waals surface area (Å²) in [7, 11) is 0. The second kappa shape index (κ2) is 9.15. The Kier molecular flexibility index (Phi) is 6.51. The van der Waals surface area contributed by atoms with Gasteiger partial charge < -0.3 is 4.74 Å². The van der Waals surface area contributed by atoms with Crippen LogP contribution in [0.25, 0.3) is 0 Å². The summed E-state index contributed by atoms with van der Waals surface area (Å²) in [6, 6.07) is 7.86. The van der Waals surface area contributed by atoms with Crippen LogP contribution < -0.4 is 4.74 Å². The fourth-order valence-corrected chi connectivity index (χ4v) is 4.62. The number of hydrogen-bond acceptors (Lipinski definition) is 2. The van der Waals surface area contributed by atoms with Crippen LogP contribution in [0.4, 0.5) is 22.0 Å². The van der Waals surface area contributed by atoms with Crippen LogP contribution in [0.1, 0.15) is 61.1 Å². The summed E-state index contributed by atoms with van der Waals surface area (Å²) in [5.74, 6) is -1.46. The summed E-state index contributed by atoms with van der Waals surface area (Å²) >= 11 is 0. The van der Waals surface area contributed by atoms with Crippen LogP contribution in [0.2, 0.25) is 0 Å². The molecule has 0 bridgehead atoms. The molecule has 168 valence electrons. The van der Waals surface area contributed by atoms with Gasteiger partial charge in [0.25, 0.3) is 0 Å². The molecule has 1 heterocycles. The van der Waals surface area contributed by atoms with Gasteiger partial charge in [-0.15, -0.1) is 0 Å². The fourth-order valence-electron chi connectivity index (χ4n) is 4.62. The molecule has 1 saturated heterocycles. The third-order valence-electron chi connectivity index (χ3n) is 6.30. The zero-order valence-corrected chi connectivity index (χ0v) is 17.2. The maximum atomic E-state index is 14.6. The van der Waals surface area contributed by atoms with Crippen LogP contribution in [0.3, 0.4) is 0 Å². The normalized spacial score (nSPS) is 20.9. The zero-order chi connectivity index (χ0) is 22.0. The van der Waals surface area contributed by atoms with E-state index >= 15 is 0 Å². The van der Waals surface area contributed by atoms with Gasteiger partial charge in [0, 0.05) is 19.6 Å². The molecule has 0 N–H and O–H groups in total. The van der Waals surface area contributed by atoms with Crippen LogP contribution in [-0.4, -0.2) is 24.1 Å². The first-order valence-corrected chi connectivity index (χ1v) is 10.8. The summed E-state index contributed by atoms with van der Waals surface area (Å²) in [6.45, 7) is 1.57. The summed E-state index contributed by atoms with van der Waals surface area (Å²) in [6.07, 6.45) is 1.15. The molecule has 0 amide bonds. The number of alkyl halides is 3. The smallest absolute Gasteiger partial charge is 0.416 e. The second-order valence-electron chi connectivity index (χ2n) is 8.61. The van der Waals surface area contributed by atoms with E-state index in [1.54, 1.807) is 0 Å². The lowest BCUT2D eigenvalue weighted by Crippen LogP contribution is -2.25. The minimum Gasteiger partial charge on any atom is -0.483 e. The number of halogens is 5. The Morgan fingerprint density at radius 3 is 2.16 bits per heavy atom. The molecule has 0 radical (unpaired) electrons. The number of benzene rings is 2. The Labute approximate surface area is 179 Å². The summed E-state index contributed by atoms with van der Waals surface area (Å²) in [5, 5.41) is 0. The van der Waals surface area contributed by atoms with E-state index in [-0.39, 0.29) is 17.8 Å². The Morgan fingerprint density at radius 1 is 0.903 bits per heavy atom. The first-order chi connectivity index (χ1) is 14.8. The van der Waals surface area contributed by atoms with Gasteiger partial charge in [-0.3, -0.25) is 4.90 Å². The Hall–Kier alpha value is -2.15. The van der Waals surface area contributed by atoms with Crippen molar-refractivity contribution >= 4 is 0 Å². The van der Waals surface area contributed by atoms with Gasteiger partial charge in [0.15, 0.2) is 17.4 Å². The Bertz CT molecular complexity index is 867. The number of likely N-dealkylation sites (tertiary alicyclic amines) is 1. The highest BCUT2D eigenvalue weighted by Gasteiger charge is 2.31. The first kappa shape index (κ1) is 22.1.